The SMILES string of the molecule is CNc1cc2c(cc1C1(N)CCS(=O)(=O)C1)c(N[C@H](C)c1cc(N)cc(C(F)(F)F)c1)nc(=O)n2C. The molecule has 0 amide bonds. The standard InChI is InChI=1S/C23H27F3N6O3S/c1-12(13-6-14(23(24,25)26)8-15(27)7-13)30-20-16-9-17(22(28)4-5-36(34,35)11-22)18(29-2)10-19(16)32(3)21(33)31-20/h6-10,12,29H,4-5,11,27-28H2,1-3H3,(H,30,31,33)/t12-,22?/m1/s1. The van der Waals surface area contributed by atoms with Gasteiger partial charge in [0.05, 0.1) is 34.2 Å². The van der Waals surface area contributed by atoms with Crippen LogP contribution in [-0.2, 0) is 28.6 Å². The molecule has 0 spiro atoms. The lowest BCUT2D eigenvalue weighted by Gasteiger charge is -2.27. The van der Waals surface area contributed by atoms with Gasteiger partial charge in [-0.25, -0.2) is 13.2 Å². The minimum Gasteiger partial charge on any atom is -0.399 e. The Morgan fingerprint density at radius 3 is 2.47 bits per heavy atom. The zero-order valence-corrected chi connectivity index (χ0v) is 20.7. The Hall–Kier alpha value is -3.32. The average Bonchev–Trinajstić information content (AvgIpc) is 3.08. The summed E-state index contributed by atoms with van der Waals surface area (Å²) >= 11 is 0. The van der Waals surface area contributed by atoms with Crippen molar-refractivity contribution >= 4 is 37.9 Å². The number of hydrogen-bond donors (Lipinski definition) is 4. The summed E-state index contributed by atoms with van der Waals surface area (Å²) in [5, 5.41) is 6.52. The Bertz CT molecular complexity index is 1520. The smallest absolute Gasteiger partial charge is 0.399 e. The summed E-state index contributed by atoms with van der Waals surface area (Å²) in [6.07, 6.45) is -4.36. The second kappa shape index (κ2) is 8.66. The van der Waals surface area contributed by atoms with Crippen LogP contribution in [0.15, 0.2) is 35.1 Å². The first-order valence-corrected chi connectivity index (χ1v) is 12.9. The Morgan fingerprint density at radius 2 is 1.89 bits per heavy atom. The highest BCUT2D eigenvalue weighted by atomic mass is 32.2. The number of alkyl halides is 3. The first-order chi connectivity index (χ1) is 16.6. The summed E-state index contributed by atoms with van der Waals surface area (Å²) < 4.78 is 65.7. The number of sulfone groups is 1. The maximum absolute atomic E-state index is 13.3. The van der Waals surface area contributed by atoms with Gasteiger partial charge < -0.3 is 22.1 Å². The van der Waals surface area contributed by atoms with Crippen molar-refractivity contribution < 1.29 is 21.6 Å². The Kier molecular flexibility index (Phi) is 6.20. The number of nitrogens with two attached hydrogens (primary N) is 2. The van der Waals surface area contributed by atoms with Crippen LogP contribution in [0, 0.1) is 0 Å². The summed E-state index contributed by atoms with van der Waals surface area (Å²) in [4.78, 5) is 16.7. The molecule has 194 valence electrons. The lowest BCUT2D eigenvalue weighted by Crippen LogP contribution is -2.38. The number of aryl methyl sites for hydroxylation is 1. The molecule has 1 aromatic heterocycles. The van der Waals surface area contributed by atoms with E-state index in [0.29, 0.717) is 22.2 Å². The fourth-order valence-electron chi connectivity index (χ4n) is 4.58. The van der Waals surface area contributed by atoms with Gasteiger partial charge in [-0.3, -0.25) is 4.57 Å². The van der Waals surface area contributed by atoms with Crippen LogP contribution in [0.5, 0.6) is 0 Å². The molecule has 36 heavy (non-hydrogen) atoms. The molecule has 0 radical (unpaired) electrons. The number of benzene rings is 2. The molecule has 9 nitrogen and oxygen atoms in total. The predicted molar refractivity (Wildman–Crippen MR) is 134 cm³/mol. The van der Waals surface area contributed by atoms with E-state index < -0.39 is 38.8 Å². The van der Waals surface area contributed by atoms with E-state index in [0.717, 1.165) is 12.1 Å². The minimum atomic E-state index is -4.58. The minimum absolute atomic E-state index is 0.0463. The third-order valence-corrected chi connectivity index (χ3v) is 8.33. The van der Waals surface area contributed by atoms with E-state index in [9.17, 15) is 26.4 Å². The molecule has 2 aromatic carbocycles. The highest BCUT2D eigenvalue weighted by molar-refractivity contribution is 7.91. The molecule has 2 heterocycles. The molecule has 1 fully saturated rings. The van der Waals surface area contributed by atoms with Crippen LogP contribution in [0.3, 0.4) is 0 Å². The van der Waals surface area contributed by atoms with Gasteiger partial charge in [0, 0.05) is 30.9 Å². The summed E-state index contributed by atoms with van der Waals surface area (Å²) in [6.45, 7) is 1.62. The van der Waals surface area contributed by atoms with Crippen molar-refractivity contribution in [2.75, 3.05) is 34.9 Å². The molecule has 1 aliphatic rings. The van der Waals surface area contributed by atoms with Gasteiger partial charge in [-0.15, -0.1) is 0 Å². The van der Waals surface area contributed by atoms with Crippen molar-refractivity contribution in [1.29, 1.82) is 0 Å². The summed E-state index contributed by atoms with van der Waals surface area (Å²) in [7, 11) is -0.123. The molecule has 1 aliphatic heterocycles. The molecule has 0 aliphatic carbocycles. The van der Waals surface area contributed by atoms with Crippen molar-refractivity contribution in [3.63, 3.8) is 0 Å². The largest absolute Gasteiger partial charge is 0.416 e. The Morgan fingerprint density at radius 1 is 1.19 bits per heavy atom. The van der Waals surface area contributed by atoms with E-state index >= 15 is 0 Å². The molecule has 2 atom stereocenters. The van der Waals surface area contributed by atoms with Gasteiger partial charge in [-0.2, -0.15) is 18.2 Å². The van der Waals surface area contributed by atoms with Crippen molar-refractivity contribution in [1.82, 2.24) is 9.55 Å². The van der Waals surface area contributed by atoms with E-state index in [1.807, 2.05) is 0 Å². The van der Waals surface area contributed by atoms with Crippen molar-refractivity contribution in [2.24, 2.45) is 12.8 Å². The molecule has 4 rings (SSSR count). The summed E-state index contributed by atoms with van der Waals surface area (Å²) in [6, 6.07) is 5.92. The molecule has 0 bridgehead atoms. The Balaban J connectivity index is 1.86. The second-order valence-corrected chi connectivity index (χ2v) is 11.4. The number of hydrogen-bond acceptors (Lipinski definition) is 8. The highest BCUT2D eigenvalue weighted by Crippen LogP contribution is 2.39. The maximum Gasteiger partial charge on any atom is 0.416 e. The van der Waals surface area contributed by atoms with Crippen LogP contribution in [0.2, 0.25) is 0 Å². The summed E-state index contributed by atoms with van der Waals surface area (Å²) in [5.41, 5.74) is 11.4. The van der Waals surface area contributed by atoms with Gasteiger partial charge in [0.1, 0.15) is 5.82 Å². The third kappa shape index (κ3) is 4.72. The number of nitrogens with one attached hydrogen (secondary N) is 2. The monoisotopic (exact) mass is 524 g/mol. The van der Waals surface area contributed by atoms with E-state index in [4.69, 9.17) is 11.5 Å². The highest BCUT2D eigenvalue weighted by Gasteiger charge is 2.42. The van der Waals surface area contributed by atoms with Crippen molar-refractivity contribution in [3.05, 3.63) is 57.5 Å². The molecule has 3 aromatic rings. The van der Waals surface area contributed by atoms with Crippen LogP contribution < -0.4 is 27.8 Å². The molecular weight excluding hydrogens is 497 g/mol. The zero-order valence-electron chi connectivity index (χ0n) is 19.9. The second-order valence-electron chi connectivity index (χ2n) is 9.22. The number of halogens is 3. The van der Waals surface area contributed by atoms with Gasteiger partial charge in [-0.1, -0.05) is 0 Å². The van der Waals surface area contributed by atoms with Gasteiger partial charge >= 0.3 is 11.9 Å². The van der Waals surface area contributed by atoms with E-state index in [-0.39, 0.29) is 35.0 Å². The van der Waals surface area contributed by atoms with E-state index in [1.165, 1.54) is 17.7 Å². The van der Waals surface area contributed by atoms with Crippen LogP contribution in [-0.4, -0.2) is 36.5 Å². The number of nitrogens with zero attached hydrogens (tertiary/aromatic N) is 2. The predicted octanol–water partition coefficient (Wildman–Crippen LogP) is 2.72. The van der Waals surface area contributed by atoms with E-state index in [1.54, 1.807) is 26.1 Å². The number of nitrogen functional groups attached to an aromatic ring is 1. The number of rotatable bonds is 5. The first kappa shape index (κ1) is 25.8. The fraction of sp³-hybridized carbons (Fsp3) is 0.391. The summed E-state index contributed by atoms with van der Waals surface area (Å²) in [5.74, 6) is -0.151. The van der Waals surface area contributed by atoms with Gasteiger partial charge in [0.2, 0.25) is 0 Å². The van der Waals surface area contributed by atoms with E-state index in [2.05, 4.69) is 15.6 Å². The van der Waals surface area contributed by atoms with Crippen LogP contribution in [0.1, 0.15) is 36.1 Å². The molecule has 1 unspecified atom stereocenters. The van der Waals surface area contributed by atoms with Crippen molar-refractivity contribution in [3.8, 4) is 0 Å². The molecular formula is C23H27F3N6O3S. The lowest BCUT2D eigenvalue weighted by molar-refractivity contribution is -0.137. The maximum atomic E-state index is 13.3. The topological polar surface area (TPSA) is 145 Å². The third-order valence-electron chi connectivity index (χ3n) is 6.55. The molecule has 1 saturated heterocycles. The van der Waals surface area contributed by atoms with Gasteiger partial charge in [0.25, 0.3) is 0 Å². The zero-order chi connectivity index (χ0) is 26.6. The number of fused-ring (bicyclic) bond motifs is 1. The van der Waals surface area contributed by atoms with Crippen molar-refractivity contribution in [2.45, 2.75) is 31.1 Å². The lowest BCUT2D eigenvalue weighted by atomic mass is 9.88. The Labute approximate surface area is 205 Å². The van der Waals surface area contributed by atoms with Crippen LogP contribution in [0.4, 0.5) is 30.4 Å². The number of anilines is 3. The van der Waals surface area contributed by atoms with Gasteiger partial charge in [-0.05, 0) is 54.8 Å². The van der Waals surface area contributed by atoms with Gasteiger partial charge in [0.15, 0.2) is 9.84 Å². The quantitative estimate of drug-likeness (QED) is 0.373. The number of aromatic nitrogens is 2. The molecule has 6 N–H and O–H groups in total. The normalized spacial score (nSPS) is 20.4. The van der Waals surface area contributed by atoms with Crippen LogP contribution in [0.25, 0.3) is 10.9 Å². The molecule has 0 saturated carbocycles. The fourth-order valence-corrected chi connectivity index (χ4v) is 6.49. The average molecular weight is 525 g/mol. The first-order valence-electron chi connectivity index (χ1n) is 11.1. The molecule has 13 heteroatoms. The van der Waals surface area contributed by atoms with Crippen LogP contribution >= 0.6 is 0 Å².